The fourth-order valence-electron chi connectivity index (χ4n) is 2.39. The topological polar surface area (TPSA) is 142 Å². The lowest BCUT2D eigenvalue weighted by atomic mass is 10.1. The first-order valence-corrected chi connectivity index (χ1v) is 10.2. The van der Waals surface area contributed by atoms with Crippen molar-refractivity contribution in [2.75, 3.05) is 5.32 Å². The average Bonchev–Trinajstić information content (AvgIpc) is 2.52. The van der Waals surface area contributed by atoms with Crippen molar-refractivity contribution in [2.24, 2.45) is 5.14 Å². The third kappa shape index (κ3) is 3.33. The van der Waals surface area contributed by atoms with Gasteiger partial charge in [0.05, 0.1) is 22.3 Å². The van der Waals surface area contributed by atoms with Gasteiger partial charge in [0.25, 0.3) is 0 Å². The van der Waals surface area contributed by atoms with Gasteiger partial charge in [-0.3, -0.25) is 0 Å². The Balaban J connectivity index is 2.09. The summed E-state index contributed by atoms with van der Waals surface area (Å²) in [5.41, 5.74) is 1.15. The van der Waals surface area contributed by atoms with Crippen molar-refractivity contribution in [3.05, 3.63) is 52.5 Å². The van der Waals surface area contributed by atoms with Crippen LogP contribution in [-0.2, 0) is 20.0 Å². The molecule has 0 amide bonds. The van der Waals surface area contributed by atoms with Crippen molar-refractivity contribution in [2.45, 2.75) is 16.0 Å². The highest BCUT2D eigenvalue weighted by atomic mass is 35.5. The molecule has 0 aromatic heterocycles. The van der Waals surface area contributed by atoms with E-state index < -0.39 is 31.1 Å². The van der Waals surface area contributed by atoms with Gasteiger partial charge in [0, 0.05) is 0 Å². The fourth-order valence-corrected chi connectivity index (χ4v) is 4.88. The number of primary sulfonamides is 1. The van der Waals surface area contributed by atoms with E-state index in [0.717, 1.165) is 6.07 Å². The van der Waals surface area contributed by atoms with E-state index in [2.05, 4.69) is 10.0 Å². The molecule has 11 heteroatoms. The number of nitrogens with zero attached hydrogens (tertiary/aromatic N) is 1. The monoisotopic (exact) mass is 398 g/mol. The van der Waals surface area contributed by atoms with Crippen molar-refractivity contribution in [3.8, 4) is 6.07 Å². The van der Waals surface area contributed by atoms with Crippen LogP contribution in [-0.4, -0.2) is 16.8 Å². The third-order valence-corrected chi connectivity index (χ3v) is 6.41. The molecule has 2 aromatic rings. The highest BCUT2D eigenvalue weighted by molar-refractivity contribution is 7.90. The maximum absolute atomic E-state index is 12.5. The Morgan fingerprint density at radius 2 is 1.84 bits per heavy atom. The number of rotatable bonds is 2. The van der Waals surface area contributed by atoms with Gasteiger partial charge in [0.2, 0.25) is 20.0 Å². The number of benzene rings is 2. The SMILES string of the molecule is N#Cc1ccc(C2Nc3cc(Cl)c(S(N)(=O)=O)cc3S(=O)(=O)N2)cc1. The first-order chi connectivity index (χ1) is 11.6. The number of hydrogen-bond donors (Lipinski definition) is 3. The molecule has 8 nitrogen and oxygen atoms in total. The fraction of sp³-hybridized carbons (Fsp3) is 0.0714. The predicted octanol–water partition coefficient (Wildman–Crippen LogP) is 1.26. The van der Waals surface area contributed by atoms with E-state index in [0.29, 0.717) is 11.1 Å². The molecule has 1 aliphatic heterocycles. The van der Waals surface area contributed by atoms with Crippen molar-refractivity contribution >= 4 is 37.3 Å². The van der Waals surface area contributed by atoms with Gasteiger partial charge in [-0.25, -0.2) is 22.0 Å². The maximum Gasteiger partial charge on any atom is 0.244 e. The summed E-state index contributed by atoms with van der Waals surface area (Å²) in [6.07, 6.45) is -0.804. The summed E-state index contributed by atoms with van der Waals surface area (Å²) in [6, 6.07) is 10.4. The summed E-state index contributed by atoms with van der Waals surface area (Å²) in [7, 11) is -8.18. The first kappa shape index (κ1) is 17.7. The zero-order valence-corrected chi connectivity index (χ0v) is 14.8. The van der Waals surface area contributed by atoms with Gasteiger partial charge in [-0.1, -0.05) is 23.7 Å². The first-order valence-electron chi connectivity index (χ1n) is 6.77. The van der Waals surface area contributed by atoms with Crippen LogP contribution in [0.1, 0.15) is 17.3 Å². The summed E-state index contributed by atoms with van der Waals surface area (Å²) < 4.78 is 50.4. The smallest absolute Gasteiger partial charge is 0.244 e. The van der Waals surface area contributed by atoms with Crippen molar-refractivity contribution in [1.29, 1.82) is 5.26 Å². The molecule has 25 heavy (non-hydrogen) atoms. The Bertz CT molecular complexity index is 1110. The van der Waals surface area contributed by atoms with Gasteiger partial charge in [-0.2, -0.15) is 9.98 Å². The molecule has 0 saturated carbocycles. The minimum atomic E-state index is -4.17. The minimum Gasteiger partial charge on any atom is -0.364 e. The van der Waals surface area contributed by atoms with Crippen LogP contribution in [0.25, 0.3) is 0 Å². The number of nitrogens with one attached hydrogen (secondary N) is 2. The van der Waals surface area contributed by atoms with Gasteiger partial charge in [0.1, 0.15) is 16.0 Å². The van der Waals surface area contributed by atoms with E-state index >= 15 is 0 Å². The van der Waals surface area contributed by atoms with Crippen LogP contribution in [0.4, 0.5) is 5.69 Å². The van der Waals surface area contributed by atoms with Crippen LogP contribution in [0.3, 0.4) is 0 Å². The van der Waals surface area contributed by atoms with Crippen LogP contribution in [0, 0.1) is 11.3 Å². The summed E-state index contributed by atoms with van der Waals surface area (Å²) >= 11 is 5.92. The molecule has 0 saturated heterocycles. The third-order valence-electron chi connectivity index (χ3n) is 3.58. The number of nitrogens with two attached hydrogens (primary N) is 1. The quantitative estimate of drug-likeness (QED) is 0.695. The maximum atomic E-state index is 12.5. The zero-order chi connectivity index (χ0) is 18.4. The molecule has 0 bridgehead atoms. The summed E-state index contributed by atoms with van der Waals surface area (Å²) in [6.45, 7) is 0. The standard InChI is InChI=1S/C14H11ClN4O4S2/c15-10-5-11-13(6-12(10)24(17,20)21)25(22,23)19-14(18-11)9-3-1-8(7-16)2-4-9/h1-6,14,18-19H,(H2,17,20,21). The lowest BCUT2D eigenvalue weighted by Crippen LogP contribution is -2.38. The van der Waals surface area contributed by atoms with E-state index in [1.54, 1.807) is 24.3 Å². The number of halogens is 1. The Morgan fingerprint density at radius 3 is 2.40 bits per heavy atom. The van der Waals surface area contributed by atoms with Crippen LogP contribution in [0.5, 0.6) is 0 Å². The Morgan fingerprint density at radius 1 is 1.20 bits per heavy atom. The molecule has 4 N–H and O–H groups in total. The second kappa shape index (κ2) is 5.98. The number of hydrogen-bond acceptors (Lipinski definition) is 6. The molecular weight excluding hydrogens is 388 g/mol. The van der Waals surface area contributed by atoms with Crippen molar-refractivity contribution < 1.29 is 16.8 Å². The van der Waals surface area contributed by atoms with Gasteiger partial charge < -0.3 is 5.32 Å². The molecule has 3 rings (SSSR count). The van der Waals surface area contributed by atoms with Gasteiger partial charge in [-0.05, 0) is 29.8 Å². The van der Waals surface area contributed by atoms with E-state index in [4.69, 9.17) is 22.0 Å². The minimum absolute atomic E-state index is 0.144. The molecule has 0 aliphatic carbocycles. The molecule has 130 valence electrons. The van der Waals surface area contributed by atoms with Crippen molar-refractivity contribution in [1.82, 2.24) is 4.72 Å². The largest absolute Gasteiger partial charge is 0.364 e. The second-order valence-electron chi connectivity index (χ2n) is 5.26. The Labute approximate surface area is 149 Å². The zero-order valence-electron chi connectivity index (χ0n) is 12.4. The average molecular weight is 399 g/mol. The summed E-state index contributed by atoms with van der Waals surface area (Å²) in [5.74, 6) is 0. The van der Waals surface area contributed by atoms with E-state index in [-0.39, 0.29) is 15.6 Å². The van der Waals surface area contributed by atoms with Crippen LogP contribution in [0.2, 0.25) is 5.02 Å². The molecule has 1 unspecified atom stereocenters. The normalized spacial score (nSPS) is 18.7. The highest BCUT2D eigenvalue weighted by Gasteiger charge is 2.32. The second-order valence-corrected chi connectivity index (χ2v) is 8.88. The van der Waals surface area contributed by atoms with Gasteiger partial charge in [0.15, 0.2) is 0 Å². The van der Waals surface area contributed by atoms with Gasteiger partial charge in [-0.15, -0.1) is 0 Å². The summed E-state index contributed by atoms with van der Waals surface area (Å²) in [5, 5.41) is 16.6. The molecule has 0 fully saturated rings. The van der Waals surface area contributed by atoms with Crippen LogP contribution >= 0.6 is 11.6 Å². The summed E-state index contributed by atoms with van der Waals surface area (Å²) in [4.78, 5) is -0.747. The van der Waals surface area contributed by atoms with Gasteiger partial charge >= 0.3 is 0 Å². The van der Waals surface area contributed by atoms with Crippen LogP contribution in [0.15, 0.2) is 46.2 Å². The number of nitriles is 1. The molecule has 2 aromatic carbocycles. The van der Waals surface area contributed by atoms with Crippen LogP contribution < -0.4 is 15.2 Å². The lowest BCUT2D eigenvalue weighted by molar-refractivity contribution is 0.562. The lowest BCUT2D eigenvalue weighted by Gasteiger charge is -2.28. The van der Waals surface area contributed by atoms with E-state index in [9.17, 15) is 16.8 Å². The molecular formula is C14H11ClN4O4S2. The van der Waals surface area contributed by atoms with Crippen molar-refractivity contribution in [3.63, 3.8) is 0 Å². The number of anilines is 1. The molecule has 1 atom stereocenters. The Hall–Kier alpha value is -2.16. The molecule has 0 spiro atoms. The van der Waals surface area contributed by atoms with E-state index in [1.807, 2.05) is 6.07 Å². The molecule has 1 aliphatic rings. The highest BCUT2D eigenvalue weighted by Crippen LogP contribution is 2.36. The molecule has 1 heterocycles. The molecule has 0 radical (unpaired) electrons. The number of fused-ring (bicyclic) bond motifs is 1. The van der Waals surface area contributed by atoms with E-state index in [1.165, 1.54) is 6.07 Å². The predicted molar refractivity (Wildman–Crippen MR) is 90.7 cm³/mol. The Kier molecular flexibility index (Phi) is 4.22. The number of sulfonamides is 2.